The molecule has 1 unspecified atom stereocenters. The molecule has 0 saturated carbocycles. The first-order valence-electron chi connectivity index (χ1n) is 4.11. The maximum absolute atomic E-state index is 5.43. The predicted molar refractivity (Wildman–Crippen MR) is 53.6 cm³/mol. The van der Waals surface area contributed by atoms with Crippen LogP contribution in [0.4, 0.5) is 5.13 Å². The van der Waals surface area contributed by atoms with Gasteiger partial charge in [-0.2, -0.15) is 0 Å². The van der Waals surface area contributed by atoms with E-state index in [-0.39, 0.29) is 0 Å². The third-order valence-electron chi connectivity index (χ3n) is 1.59. The molecule has 1 aromatic heterocycles. The summed E-state index contributed by atoms with van der Waals surface area (Å²) in [5.74, 6) is 0. The minimum absolute atomic E-state index is 0.417. The van der Waals surface area contributed by atoms with Gasteiger partial charge in [-0.05, 0) is 26.8 Å². The van der Waals surface area contributed by atoms with E-state index < -0.39 is 0 Å². The normalized spacial score (nSPS) is 12.9. The number of thiazole rings is 1. The van der Waals surface area contributed by atoms with Crippen molar-refractivity contribution in [2.45, 2.75) is 26.3 Å². The topological polar surface area (TPSA) is 50.9 Å². The van der Waals surface area contributed by atoms with Crippen LogP contribution in [0.2, 0.25) is 0 Å². The maximum Gasteiger partial charge on any atom is 0.183 e. The van der Waals surface area contributed by atoms with Gasteiger partial charge in [-0.25, -0.2) is 4.98 Å². The second-order valence-corrected chi connectivity index (χ2v) is 3.77. The molecule has 0 aromatic carbocycles. The van der Waals surface area contributed by atoms with Gasteiger partial charge in [-0.3, -0.25) is 0 Å². The molecule has 0 aliphatic carbocycles. The Labute approximate surface area is 77.0 Å². The summed E-state index contributed by atoms with van der Waals surface area (Å²) in [5.41, 5.74) is 6.50. The standard InChI is InChI=1S/C8H15N3S/c1-6(3-4-9)10-8-11-7(2)5-12-8/h5-6H,3-4,9H2,1-2H3,(H,10,11). The van der Waals surface area contributed by atoms with E-state index in [9.17, 15) is 0 Å². The molecule has 12 heavy (non-hydrogen) atoms. The van der Waals surface area contributed by atoms with E-state index in [1.807, 2.05) is 12.3 Å². The van der Waals surface area contributed by atoms with Crippen molar-refractivity contribution in [1.82, 2.24) is 4.98 Å². The van der Waals surface area contributed by atoms with Crippen molar-refractivity contribution < 1.29 is 0 Å². The van der Waals surface area contributed by atoms with E-state index in [2.05, 4.69) is 17.2 Å². The number of aryl methyl sites for hydroxylation is 1. The van der Waals surface area contributed by atoms with Crippen LogP contribution in [0.5, 0.6) is 0 Å². The van der Waals surface area contributed by atoms with Crippen LogP contribution in [0.3, 0.4) is 0 Å². The number of hydrogen-bond acceptors (Lipinski definition) is 4. The number of aromatic nitrogens is 1. The Bertz CT molecular complexity index is 234. The summed E-state index contributed by atoms with van der Waals surface area (Å²) in [6.45, 7) is 4.83. The second kappa shape index (κ2) is 4.42. The van der Waals surface area contributed by atoms with Crippen molar-refractivity contribution in [3.63, 3.8) is 0 Å². The van der Waals surface area contributed by atoms with Crippen molar-refractivity contribution in [3.05, 3.63) is 11.1 Å². The Kier molecular flexibility index (Phi) is 3.49. The van der Waals surface area contributed by atoms with E-state index in [1.54, 1.807) is 11.3 Å². The molecule has 3 nitrogen and oxygen atoms in total. The minimum Gasteiger partial charge on any atom is -0.359 e. The van der Waals surface area contributed by atoms with Crippen LogP contribution in [0, 0.1) is 6.92 Å². The van der Waals surface area contributed by atoms with Crippen LogP contribution in [-0.2, 0) is 0 Å². The number of nitrogens with one attached hydrogen (secondary N) is 1. The van der Waals surface area contributed by atoms with Gasteiger partial charge in [0.1, 0.15) is 0 Å². The van der Waals surface area contributed by atoms with E-state index in [4.69, 9.17) is 5.73 Å². The highest BCUT2D eigenvalue weighted by Crippen LogP contribution is 2.15. The van der Waals surface area contributed by atoms with Gasteiger partial charge in [0.2, 0.25) is 0 Å². The van der Waals surface area contributed by atoms with Crippen molar-refractivity contribution in [2.75, 3.05) is 11.9 Å². The Morgan fingerprint density at radius 2 is 2.50 bits per heavy atom. The summed E-state index contributed by atoms with van der Waals surface area (Å²) in [4.78, 5) is 4.30. The Morgan fingerprint density at radius 3 is 3.00 bits per heavy atom. The Balaban J connectivity index is 2.41. The van der Waals surface area contributed by atoms with Crippen LogP contribution in [0.25, 0.3) is 0 Å². The molecular formula is C8H15N3S. The van der Waals surface area contributed by atoms with Gasteiger partial charge < -0.3 is 11.1 Å². The van der Waals surface area contributed by atoms with Gasteiger partial charge in [0.15, 0.2) is 5.13 Å². The molecule has 0 saturated heterocycles. The van der Waals surface area contributed by atoms with Gasteiger partial charge in [-0.15, -0.1) is 11.3 Å². The number of rotatable bonds is 4. The fourth-order valence-corrected chi connectivity index (χ4v) is 1.75. The predicted octanol–water partition coefficient (Wildman–Crippen LogP) is 1.60. The summed E-state index contributed by atoms with van der Waals surface area (Å²) in [5, 5.41) is 6.32. The third kappa shape index (κ3) is 2.79. The van der Waals surface area contributed by atoms with Crippen molar-refractivity contribution in [2.24, 2.45) is 5.73 Å². The summed E-state index contributed by atoms with van der Waals surface area (Å²) >= 11 is 1.64. The highest BCUT2D eigenvalue weighted by Gasteiger charge is 2.02. The lowest BCUT2D eigenvalue weighted by Gasteiger charge is -2.10. The van der Waals surface area contributed by atoms with Gasteiger partial charge in [-0.1, -0.05) is 0 Å². The quantitative estimate of drug-likeness (QED) is 0.749. The second-order valence-electron chi connectivity index (χ2n) is 2.92. The van der Waals surface area contributed by atoms with Gasteiger partial charge in [0, 0.05) is 11.4 Å². The summed E-state index contributed by atoms with van der Waals surface area (Å²) < 4.78 is 0. The molecule has 1 heterocycles. The molecule has 0 bridgehead atoms. The molecule has 4 heteroatoms. The number of nitrogens with two attached hydrogens (primary N) is 1. The minimum atomic E-state index is 0.417. The monoisotopic (exact) mass is 185 g/mol. The Hall–Kier alpha value is -0.610. The fraction of sp³-hybridized carbons (Fsp3) is 0.625. The van der Waals surface area contributed by atoms with Gasteiger partial charge in [0.25, 0.3) is 0 Å². The third-order valence-corrected chi connectivity index (χ3v) is 2.48. The molecule has 0 aliphatic heterocycles. The molecule has 1 rings (SSSR count). The van der Waals surface area contributed by atoms with Gasteiger partial charge in [0.05, 0.1) is 5.69 Å². The Morgan fingerprint density at radius 1 is 1.75 bits per heavy atom. The molecule has 1 aromatic rings. The van der Waals surface area contributed by atoms with Crippen molar-refractivity contribution in [1.29, 1.82) is 0 Å². The highest BCUT2D eigenvalue weighted by molar-refractivity contribution is 7.13. The van der Waals surface area contributed by atoms with E-state index in [1.165, 1.54) is 0 Å². The SMILES string of the molecule is Cc1csc(NC(C)CCN)n1. The van der Waals surface area contributed by atoms with Crippen LogP contribution in [-0.4, -0.2) is 17.6 Å². The summed E-state index contributed by atoms with van der Waals surface area (Å²) in [7, 11) is 0. The molecule has 0 aliphatic rings. The van der Waals surface area contributed by atoms with Crippen molar-refractivity contribution >= 4 is 16.5 Å². The average molecular weight is 185 g/mol. The largest absolute Gasteiger partial charge is 0.359 e. The first kappa shape index (κ1) is 9.48. The first-order chi connectivity index (χ1) is 5.72. The lowest BCUT2D eigenvalue weighted by Crippen LogP contribution is -2.19. The average Bonchev–Trinajstić information content (AvgIpc) is 2.36. The zero-order valence-corrected chi connectivity index (χ0v) is 8.32. The molecule has 0 fully saturated rings. The highest BCUT2D eigenvalue weighted by atomic mass is 32.1. The van der Waals surface area contributed by atoms with Crippen LogP contribution in [0.15, 0.2) is 5.38 Å². The van der Waals surface area contributed by atoms with E-state index in [0.717, 1.165) is 23.8 Å². The van der Waals surface area contributed by atoms with Crippen molar-refractivity contribution in [3.8, 4) is 0 Å². The molecule has 1 atom stereocenters. The van der Waals surface area contributed by atoms with Crippen LogP contribution in [0.1, 0.15) is 19.0 Å². The zero-order valence-electron chi connectivity index (χ0n) is 7.50. The summed E-state index contributed by atoms with van der Waals surface area (Å²) in [6.07, 6.45) is 0.985. The molecule has 3 N–H and O–H groups in total. The first-order valence-corrected chi connectivity index (χ1v) is 4.99. The van der Waals surface area contributed by atoms with E-state index >= 15 is 0 Å². The lowest BCUT2D eigenvalue weighted by molar-refractivity contribution is 0.716. The number of hydrogen-bond donors (Lipinski definition) is 2. The molecule has 68 valence electrons. The fourth-order valence-electron chi connectivity index (χ4n) is 0.953. The molecule has 0 spiro atoms. The lowest BCUT2D eigenvalue weighted by atomic mass is 10.2. The van der Waals surface area contributed by atoms with Crippen LogP contribution >= 0.6 is 11.3 Å². The number of anilines is 1. The molecule has 0 amide bonds. The maximum atomic E-state index is 5.43. The van der Waals surface area contributed by atoms with Crippen LogP contribution < -0.4 is 11.1 Å². The molecular weight excluding hydrogens is 170 g/mol. The van der Waals surface area contributed by atoms with E-state index in [0.29, 0.717) is 6.04 Å². The zero-order chi connectivity index (χ0) is 8.97. The van der Waals surface area contributed by atoms with Gasteiger partial charge >= 0.3 is 0 Å². The molecule has 0 radical (unpaired) electrons. The summed E-state index contributed by atoms with van der Waals surface area (Å²) in [6, 6.07) is 0.417. The smallest absolute Gasteiger partial charge is 0.183 e. The number of nitrogens with zero attached hydrogens (tertiary/aromatic N) is 1.